The molecule has 4 aliphatic rings. The molecule has 2 heteroatoms. The third kappa shape index (κ3) is 3.53. The Bertz CT molecular complexity index is 587. The zero-order valence-electron chi connectivity index (χ0n) is 19.8. The zero-order chi connectivity index (χ0) is 21.0. The molecule has 0 heterocycles. The van der Waals surface area contributed by atoms with E-state index in [9.17, 15) is 0 Å². The molecule has 0 bridgehead atoms. The van der Waals surface area contributed by atoms with E-state index in [2.05, 4.69) is 34.6 Å². The van der Waals surface area contributed by atoms with Gasteiger partial charge in [-0.15, -0.1) is 23.2 Å². The molecule has 0 nitrogen and oxygen atoms in total. The number of hydrogen-bond acceptors (Lipinski definition) is 0. The molecule has 0 aromatic carbocycles. The molecule has 4 rings (SSSR count). The van der Waals surface area contributed by atoms with Crippen LogP contribution in [0.4, 0.5) is 0 Å². The number of alkyl halides is 2. The van der Waals surface area contributed by atoms with E-state index in [1.54, 1.807) is 0 Å². The van der Waals surface area contributed by atoms with Crippen LogP contribution in [-0.4, -0.2) is 10.3 Å². The normalized spacial score (nSPS) is 50.7. The fourth-order valence-corrected chi connectivity index (χ4v) is 10.3. The molecule has 0 aromatic heterocycles. The summed E-state index contributed by atoms with van der Waals surface area (Å²) in [5.41, 5.74) is 0.802. The van der Waals surface area contributed by atoms with E-state index in [4.69, 9.17) is 23.2 Å². The largest absolute Gasteiger partial charge is 0.121 e. The molecule has 29 heavy (non-hydrogen) atoms. The van der Waals surface area contributed by atoms with Gasteiger partial charge in [-0.05, 0) is 91.3 Å². The van der Waals surface area contributed by atoms with Crippen molar-refractivity contribution in [1.82, 2.24) is 0 Å². The Morgan fingerprint density at radius 2 is 1.62 bits per heavy atom. The van der Waals surface area contributed by atoms with Gasteiger partial charge in [0.25, 0.3) is 0 Å². The first-order chi connectivity index (χ1) is 13.6. The van der Waals surface area contributed by atoms with Crippen LogP contribution in [0.15, 0.2) is 0 Å². The van der Waals surface area contributed by atoms with Crippen molar-refractivity contribution in [2.75, 3.05) is 0 Å². The fraction of sp³-hybridized carbons (Fsp3) is 1.00. The molecule has 0 saturated heterocycles. The third-order valence-corrected chi connectivity index (χ3v) is 12.4. The number of fused-ring (bicyclic) bond motifs is 5. The highest BCUT2D eigenvalue weighted by molar-refractivity contribution is 6.33. The maximum absolute atomic E-state index is 7.40. The lowest BCUT2D eigenvalue weighted by atomic mass is 9.44. The molecular formula is C27H46Cl2. The predicted octanol–water partition coefficient (Wildman–Crippen LogP) is 9.08. The van der Waals surface area contributed by atoms with Gasteiger partial charge in [-0.3, -0.25) is 0 Å². The maximum atomic E-state index is 7.40. The standard InChI is InChI=1S/C27H46Cl2/c1-18(2)9-8-10-19(3)21-11-12-22-20-17-24(28)27(29)15-7-6-14-26(27,5)23(20)13-16-25(21,22)4/h18-24H,6-17H2,1-5H3/t19-,20+,21+,22-,23-,24+,25-,26-,27+/m1/s1. The van der Waals surface area contributed by atoms with E-state index >= 15 is 0 Å². The summed E-state index contributed by atoms with van der Waals surface area (Å²) in [6, 6.07) is 0. The molecule has 4 aliphatic carbocycles. The van der Waals surface area contributed by atoms with Gasteiger partial charge in [0.2, 0.25) is 0 Å². The minimum absolute atomic E-state index is 0.149. The van der Waals surface area contributed by atoms with Crippen LogP contribution in [0.2, 0.25) is 0 Å². The van der Waals surface area contributed by atoms with Gasteiger partial charge in [-0.25, -0.2) is 0 Å². The fourth-order valence-electron chi connectivity index (χ4n) is 9.23. The van der Waals surface area contributed by atoms with Crippen molar-refractivity contribution in [1.29, 1.82) is 0 Å². The van der Waals surface area contributed by atoms with E-state index in [0.717, 1.165) is 41.9 Å². The van der Waals surface area contributed by atoms with Gasteiger partial charge < -0.3 is 0 Å². The second-order valence-electron chi connectivity index (χ2n) is 12.6. The summed E-state index contributed by atoms with van der Waals surface area (Å²) < 4.78 is 0. The zero-order valence-corrected chi connectivity index (χ0v) is 21.3. The highest BCUT2D eigenvalue weighted by atomic mass is 35.5. The van der Waals surface area contributed by atoms with Gasteiger partial charge in [-0.2, -0.15) is 0 Å². The van der Waals surface area contributed by atoms with Crippen LogP contribution in [0.1, 0.15) is 112 Å². The quantitative estimate of drug-likeness (QED) is 0.373. The van der Waals surface area contributed by atoms with Crippen molar-refractivity contribution in [2.24, 2.45) is 46.3 Å². The first-order valence-corrected chi connectivity index (χ1v) is 13.8. The minimum atomic E-state index is -0.149. The van der Waals surface area contributed by atoms with Crippen LogP contribution in [-0.2, 0) is 0 Å². The monoisotopic (exact) mass is 440 g/mol. The molecule has 0 unspecified atom stereocenters. The van der Waals surface area contributed by atoms with E-state index < -0.39 is 0 Å². The van der Waals surface area contributed by atoms with Gasteiger partial charge in [-0.1, -0.05) is 66.7 Å². The number of hydrogen-bond donors (Lipinski definition) is 0. The Balaban J connectivity index is 1.53. The maximum Gasteiger partial charge on any atom is 0.0666 e. The molecule has 0 aliphatic heterocycles. The van der Waals surface area contributed by atoms with Gasteiger partial charge in [0.15, 0.2) is 0 Å². The molecule has 4 saturated carbocycles. The lowest BCUT2D eigenvalue weighted by molar-refractivity contribution is -0.103. The average Bonchev–Trinajstić information content (AvgIpc) is 3.01. The Morgan fingerprint density at radius 3 is 2.34 bits per heavy atom. The summed E-state index contributed by atoms with van der Waals surface area (Å²) in [5.74, 6) is 5.17. The molecule has 0 spiro atoms. The van der Waals surface area contributed by atoms with E-state index in [1.807, 2.05) is 0 Å². The number of halogens is 2. The lowest BCUT2D eigenvalue weighted by Crippen LogP contribution is -2.63. The van der Waals surface area contributed by atoms with E-state index in [1.165, 1.54) is 70.6 Å². The lowest BCUT2D eigenvalue weighted by Gasteiger charge is -2.65. The van der Waals surface area contributed by atoms with Crippen LogP contribution >= 0.6 is 23.2 Å². The highest BCUT2D eigenvalue weighted by Crippen LogP contribution is 2.71. The Hall–Kier alpha value is 0.580. The molecule has 9 atom stereocenters. The van der Waals surface area contributed by atoms with Gasteiger partial charge in [0, 0.05) is 0 Å². The van der Waals surface area contributed by atoms with Crippen LogP contribution in [0.3, 0.4) is 0 Å². The Labute approximate surface area is 191 Å². The van der Waals surface area contributed by atoms with Crippen LogP contribution < -0.4 is 0 Å². The summed E-state index contributed by atoms with van der Waals surface area (Å²) in [6.45, 7) is 12.5. The highest BCUT2D eigenvalue weighted by Gasteiger charge is 2.66. The van der Waals surface area contributed by atoms with Gasteiger partial charge in [0.1, 0.15) is 0 Å². The summed E-state index contributed by atoms with van der Waals surface area (Å²) in [4.78, 5) is -0.149. The topological polar surface area (TPSA) is 0 Å². The van der Waals surface area contributed by atoms with Crippen LogP contribution in [0.5, 0.6) is 0 Å². The first-order valence-electron chi connectivity index (χ1n) is 13.0. The summed E-state index contributed by atoms with van der Waals surface area (Å²) in [7, 11) is 0. The molecule has 0 N–H and O–H groups in total. The van der Waals surface area contributed by atoms with Crippen molar-refractivity contribution >= 4 is 23.2 Å². The van der Waals surface area contributed by atoms with E-state index in [0.29, 0.717) is 5.41 Å². The van der Waals surface area contributed by atoms with Crippen molar-refractivity contribution in [3.8, 4) is 0 Å². The van der Waals surface area contributed by atoms with Crippen molar-refractivity contribution in [3.63, 3.8) is 0 Å². The molecule has 0 radical (unpaired) electrons. The summed E-state index contributed by atoms with van der Waals surface area (Å²) in [6.07, 6.45) is 16.2. The predicted molar refractivity (Wildman–Crippen MR) is 128 cm³/mol. The van der Waals surface area contributed by atoms with Crippen LogP contribution in [0, 0.1) is 46.3 Å². The smallest absolute Gasteiger partial charge is 0.0666 e. The average molecular weight is 442 g/mol. The molecule has 168 valence electrons. The summed E-state index contributed by atoms with van der Waals surface area (Å²) >= 11 is 14.5. The number of rotatable bonds is 5. The molecule has 4 fully saturated rings. The van der Waals surface area contributed by atoms with E-state index in [-0.39, 0.29) is 15.7 Å². The Morgan fingerprint density at radius 1 is 0.897 bits per heavy atom. The molecule has 0 aromatic rings. The van der Waals surface area contributed by atoms with Crippen molar-refractivity contribution in [2.45, 2.75) is 122 Å². The van der Waals surface area contributed by atoms with Gasteiger partial charge in [0.05, 0.1) is 10.3 Å². The summed E-state index contributed by atoms with van der Waals surface area (Å²) in [5, 5.41) is 0.167. The molecular weight excluding hydrogens is 395 g/mol. The minimum Gasteiger partial charge on any atom is -0.121 e. The SMILES string of the molecule is CC(C)CCC[C@@H](C)[C@@H]1CC[C@@H]2[C@@H]3C[C@H](Cl)[C@@]4(Cl)CCCC[C@]4(C)[C@@H]3CC[C@@]21C. The molecule has 0 amide bonds. The first kappa shape index (κ1) is 22.8. The third-order valence-electron chi connectivity index (χ3n) is 10.9. The Kier molecular flexibility index (Phi) is 6.41. The van der Waals surface area contributed by atoms with Crippen LogP contribution in [0.25, 0.3) is 0 Å². The second kappa shape index (κ2) is 8.17. The van der Waals surface area contributed by atoms with Gasteiger partial charge >= 0.3 is 0 Å². The second-order valence-corrected chi connectivity index (χ2v) is 13.8. The van der Waals surface area contributed by atoms with Crippen molar-refractivity contribution < 1.29 is 0 Å². The van der Waals surface area contributed by atoms with Crippen molar-refractivity contribution in [3.05, 3.63) is 0 Å².